The van der Waals surface area contributed by atoms with Crippen molar-refractivity contribution < 1.29 is 24.2 Å². The third-order valence-electron chi connectivity index (χ3n) is 6.07. The van der Waals surface area contributed by atoms with Crippen LogP contribution < -0.4 is 20.7 Å². The molecule has 2 aromatic carbocycles. The first-order valence-corrected chi connectivity index (χ1v) is 13.8. The van der Waals surface area contributed by atoms with Gasteiger partial charge in [0.05, 0.1) is 17.6 Å². The van der Waals surface area contributed by atoms with E-state index in [1.807, 2.05) is 76.2 Å². The fraction of sp³-hybridized carbons (Fsp3) is 0.464. The minimum absolute atomic E-state index is 0.228. The van der Waals surface area contributed by atoms with E-state index in [9.17, 15) is 19.5 Å². The van der Waals surface area contributed by atoms with Crippen molar-refractivity contribution in [3.05, 3.63) is 59.7 Å². The molecule has 4 N–H and O–H groups in total. The zero-order valence-corrected chi connectivity index (χ0v) is 23.4. The molecule has 1 heterocycles. The first-order valence-electron chi connectivity index (χ1n) is 12.6. The van der Waals surface area contributed by atoms with Gasteiger partial charge in [-0.15, -0.1) is 11.8 Å². The molecule has 0 unspecified atom stereocenters. The van der Waals surface area contributed by atoms with Crippen molar-refractivity contribution in [2.24, 2.45) is 0 Å². The number of aliphatic hydroxyl groups excluding tert-OH is 1. The van der Waals surface area contributed by atoms with Crippen LogP contribution in [-0.4, -0.2) is 76.7 Å². The van der Waals surface area contributed by atoms with Crippen molar-refractivity contribution in [1.29, 1.82) is 0 Å². The van der Waals surface area contributed by atoms with Crippen LogP contribution in [0.3, 0.4) is 0 Å². The number of hydrogen-bond acceptors (Lipinski definition) is 7. The monoisotopic (exact) mass is 542 g/mol. The average Bonchev–Trinajstić information content (AvgIpc) is 3.36. The maximum absolute atomic E-state index is 13.4. The van der Waals surface area contributed by atoms with Crippen molar-refractivity contribution in [3.63, 3.8) is 0 Å². The summed E-state index contributed by atoms with van der Waals surface area (Å²) in [6, 6.07) is 13.3. The van der Waals surface area contributed by atoms with Crippen LogP contribution in [0.2, 0.25) is 0 Å². The van der Waals surface area contributed by atoms with E-state index in [0.717, 1.165) is 16.8 Å². The van der Waals surface area contributed by atoms with Gasteiger partial charge >= 0.3 is 0 Å². The molecule has 0 saturated carbocycles. The normalized spacial score (nSPS) is 16.9. The van der Waals surface area contributed by atoms with Crippen LogP contribution >= 0.6 is 11.8 Å². The molecule has 1 aliphatic heterocycles. The molecule has 3 rings (SSSR count). The molecule has 0 aromatic heterocycles. The summed E-state index contributed by atoms with van der Waals surface area (Å²) in [7, 11) is 1.77. The Morgan fingerprint density at radius 2 is 1.84 bits per heavy atom. The number of carbonyl (C=O) groups excluding carboxylic acids is 3. The number of thioether (sulfide) groups is 1. The zero-order chi connectivity index (χ0) is 27.9. The topological polar surface area (TPSA) is 120 Å². The molecule has 0 bridgehead atoms. The standard InChI is InChI=1S/C28H38N4O5S/c1-18-10-9-13-20(29-5)25(18)37-15-23(33)30-21(14-19-11-7-6-8-12-19)24(34)27(36)32-17-38-16-22(32)26(35)31-28(2,3)4/h6-13,21-22,24,29,34H,14-17H2,1-5H3,(H,30,33)(H,31,35)/t21-,22-,24-/m0/s1. The molecule has 3 atom stereocenters. The SMILES string of the molecule is CNc1cccc(C)c1OCC(=O)N[C@@H](Cc1ccccc1)[C@H](O)C(=O)N1CSC[C@H]1C(=O)NC(C)(C)C. The summed E-state index contributed by atoms with van der Waals surface area (Å²) >= 11 is 1.45. The van der Waals surface area contributed by atoms with Crippen LogP contribution in [0.15, 0.2) is 48.5 Å². The third kappa shape index (κ3) is 7.88. The van der Waals surface area contributed by atoms with Crippen molar-refractivity contribution in [2.45, 2.75) is 57.8 Å². The van der Waals surface area contributed by atoms with E-state index in [1.54, 1.807) is 7.05 Å². The Bertz CT molecular complexity index is 1120. The minimum atomic E-state index is -1.55. The van der Waals surface area contributed by atoms with Crippen LogP contribution in [-0.2, 0) is 20.8 Å². The van der Waals surface area contributed by atoms with Gasteiger partial charge in [0.1, 0.15) is 11.8 Å². The molecule has 2 aromatic rings. The van der Waals surface area contributed by atoms with E-state index >= 15 is 0 Å². The lowest BCUT2D eigenvalue weighted by Gasteiger charge is -2.31. The highest BCUT2D eigenvalue weighted by Crippen LogP contribution is 2.28. The van der Waals surface area contributed by atoms with Gasteiger partial charge in [-0.05, 0) is 51.3 Å². The van der Waals surface area contributed by atoms with Crippen LogP contribution in [0.1, 0.15) is 31.9 Å². The molecule has 0 spiro atoms. The highest BCUT2D eigenvalue weighted by Gasteiger charge is 2.40. The quantitative estimate of drug-likeness (QED) is 0.364. The van der Waals surface area contributed by atoms with E-state index in [2.05, 4.69) is 16.0 Å². The van der Waals surface area contributed by atoms with Gasteiger partial charge < -0.3 is 30.7 Å². The van der Waals surface area contributed by atoms with Gasteiger partial charge in [-0.25, -0.2) is 0 Å². The maximum Gasteiger partial charge on any atom is 0.258 e. The number of nitrogens with one attached hydrogen (secondary N) is 3. The fourth-order valence-electron chi connectivity index (χ4n) is 4.21. The van der Waals surface area contributed by atoms with E-state index < -0.39 is 35.5 Å². The Morgan fingerprint density at radius 1 is 1.13 bits per heavy atom. The Labute approximate surface area is 228 Å². The third-order valence-corrected chi connectivity index (χ3v) is 7.09. The Balaban J connectivity index is 1.74. The zero-order valence-electron chi connectivity index (χ0n) is 22.6. The number of anilines is 1. The molecular weight excluding hydrogens is 504 g/mol. The lowest BCUT2D eigenvalue weighted by atomic mass is 9.99. The number of aliphatic hydroxyl groups is 1. The molecule has 1 fully saturated rings. The second kappa shape index (κ2) is 13.0. The van der Waals surface area contributed by atoms with E-state index in [-0.39, 0.29) is 24.8 Å². The largest absolute Gasteiger partial charge is 0.481 e. The summed E-state index contributed by atoms with van der Waals surface area (Å²) in [6.45, 7) is 7.21. The molecule has 38 heavy (non-hydrogen) atoms. The van der Waals surface area contributed by atoms with Gasteiger partial charge in [-0.1, -0.05) is 42.5 Å². The number of ether oxygens (including phenoxy) is 1. The van der Waals surface area contributed by atoms with Crippen molar-refractivity contribution in [2.75, 3.05) is 30.6 Å². The summed E-state index contributed by atoms with van der Waals surface area (Å²) in [5.41, 5.74) is 2.01. The lowest BCUT2D eigenvalue weighted by molar-refractivity contribution is -0.147. The lowest BCUT2D eigenvalue weighted by Crippen LogP contribution is -2.58. The Kier molecular flexibility index (Phi) is 10.0. The molecule has 206 valence electrons. The first kappa shape index (κ1) is 29.3. The van der Waals surface area contributed by atoms with Gasteiger partial charge in [0.25, 0.3) is 11.8 Å². The second-order valence-electron chi connectivity index (χ2n) is 10.4. The summed E-state index contributed by atoms with van der Waals surface area (Å²) < 4.78 is 5.80. The van der Waals surface area contributed by atoms with Gasteiger partial charge in [-0.3, -0.25) is 14.4 Å². The summed E-state index contributed by atoms with van der Waals surface area (Å²) in [5, 5.41) is 19.9. The first-order chi connectivity index (χ1) is 18.0. The molecule has 0 aliphatic carbocycles. The number of para-hydroxylation sites is 1. The van der Waals surface area contributed by atoms with Crippen molar-refractivity contribution in [1.82, 2.24) is 15.5 Å². The van der Waals surface area contributed by atoms with Gasteiger partial charge in [0.15, 0.2) is 12.7 Å². The van der Waals surface area contributed by atoms with Crippen molar-refractivity contribution in [3.8, 4) is 5.75 Å². The smallest absolute Gasteiger partial charge is 0.258 e. The Morgan fingerprint density at radius 3 is 2.50 bits per heavy atom. The maximum atomic E-state index is 13.4. The number of amides is 3. The van der Waals surface area contributed by atoms with E-state index in [0.29, 0.717) is 11.5 Å². The number of carbonyl (C=O) groups is 3. The summed E-state index contributed by atoms with van der Waals surface area (Å²) in [6.07, 6.45) is -1.32. The molecule has 0 radical (unpaired) electrons. The van der Waals surface area contributed by atoms with Crippen molar-refractivity contribution >= 4 is 35.2 Å². The van der Waals surface area contributed by atoms with Crippen LogP contribution in [0, 0.1) is 6.92 Å². The molecule has 3 amide bonds. The predicted octanol–water partition coefficient (Wildman–Crippen LogP) is 2.32. The van der Waals surface area contributed by atoms with Gasteiger partial charge in [-0.2, -0.15) is 0 Å². The van der Waals surface area contributed by atoms with Crippen LogP contribution in [0.5, 0.6) is 5.75 Å². The number of rotatable bonds is 10. The molecule has 9 nitrogen and oxygen atoms in total. The van der Waals surface area contributed by atoms with Crippen LogP contribution in [0.25, 0.3) is 0 Å². The number of nitrogens with zero attached hydrogens (tertiary/aromatic N) is 1. The average molecular weight is 543 g/mol. The molecule has 1 aliphatic rings. The van der Waals surface area contributed by atoms with Gasteiger partial charge in [0, 0.05) is 18.3 Å². The molecule has 1 saturated heterocycles. The minimum Gasteiger partial charge on any atom is -0.481 e. The summed E-state index contributed by atoms with van der Waals surface area (Å²) in [5.74, 6) is -0.0492. The van der Waals surface area contributed by atoms with Crippen LogP contribution in [0.4, 0.5) is 5.69 Å². The number of hydrogen-bond donors (Lipinski definition) is 4. The summed E-state index contributed by atoms with van der Waals surface area (Å²) in [4.78, 5) is 40.6. The van der Waals surface area contributed by atoms with Gasteiger partial charge in [0.2, 0.25) is 5.91 Å². The predicted molar refractivity (Wildman–Crippen MR) is 150 cm³/mol. The van der Waals surface area contributed by atoms with E-state index in [1.165, 1.54) is 16.7 Å². The second-order valence-corrected chi connectivity index (χ2v) is 11.4. The number of benzene rings is 2. The highest BCUT2D eigenvalue weighted by atomic mass is 32.2. The highest BCUT2D eigenvalue weighted by molar-refractivity contribution is 7.99. The fourth-order valence-corrected chi connectivity index (χ4v) is 5.37. The number of aryl methyl sites for hydroxylation is 1. The molecule has 10 heteroatoms. The molecular formula is C28H38N4O5S. The Hall–Kier alpha value is -3.24. The van der Waals surface area contributed by atoms with E-state index in [4.69, 9.17) is 4.74 Å².